The molecule has 5 rings (SSSR count). The number of benzene rings is 1. The zero-order valence-electron chi connectivity index (χ0n) is 20.7. The molecule has 2 saturated heterocycles. The average molecular weight is 498 g/mol. The van der Waals surface area contributed by atoms with Crippen molar-refractivity contribution in [3.05, 3.63) is 58.4 Å². The van der Waals surface area contributed by atoms with Crippen LogP contribution in [0.15, 0.2) is 36.5 Å². The molecule has 3 fully saturated rings. The second-order valence-electron chi connectivity index (χ2n) is 10.8. The molecule has 0 bridgehead atoms. The summed E-state index contributed by atoms with van der Waals surface area (Å²) in [7, 11) is 0. The van der Waals surface area contributed by atoms with Crippen LogP contribution in [0.4, 0.5) is 0 Å². The zero-order chi connectivity index (χ0) is 24.8. The summed E-state index contributed by atoms with van der Waals surface area (Å²) in [6.45, 7) is 7.04. The Kier molecular flexibility index (Phi) is 6.58. The summed E-state index contributed by atoms with van der Waals surface area (Å²) in [6.07, 6.45) is 6.30. The largest absolute Gasteiger partial charge is 0.506 e. The molecule has 1 saturated carbocycles. The lowest BCUT2D eigenvalue weighted by atomic mass is 9.57. The number of aromatic nitrogens is 1. The van der Waals surface area contributed by atoms with Gasteiger partial charge in [-0.2, -0.15) is 0 Å². The molecular formula is C28H36ClN3O3. The highest BCUT2D eigenvalue weighted by molar-refractivity contribution is 6.33. The Morgan fingerprint density at radius 2 is 1.89 bits per heavy atom. The van der Waals surface area contributed by atoms with Crippen molar-refractivity contribution in [3.8, 4) is 5.75 Å². The van der Waals surface area contributed by atoms with Gasteiger partial charge in [0.05, 0.1) is 17.0 Å². The normalized spacial score (nSPS) is 29.5. The third-order valence-corrected chi connectivity index (χ3v) is 9.26. The fraction of sp³-hybridized carbons (Fsp3) is 0.571. The number of fused-ring (bicyclic) bond motifs is 1. The molecule has 3 heterocycles. The van der Waals surface area contributed by atoms with Gasteiger partial charge in [-0.3, -0.25) is 14.7 Å². The van der Waals surface area contributed by atoms with E-state index in [1.54, 1.807) is 12.3 Å². The Morgan fingerprint density at radius 3 is 2.60 bits per heavy atom. The standard InChI is InChI=1S/C28H36ClN3O3/c1-19-6-9-23(33)26(29)25(19)27-10-14-31(24(34)17-22-5-3-4-13-30-22)16-12-28(27,35)20(2)32(15-11-27)18-21-7-8-21/h3-6,9,13,20-21,33,35H,7-8,10-12,14-18H2,1-2H3. The molecule has 0 radical (unpaired) electrons. The van der Waals surface area contributed by atoms with Gasteiger partial charge in [0.2, 0.25) is 5.91 Å². The van der Waals surface area contributed by atoms with Crippen LogP contribution in [0.25, 0.3) is 0 Å². The Morgan fingerprint density at radius 1 is 1.14 bits per heavy atom. The molecule has 2 N–H and O–H groups in total. The summed E-state index contributed by atoms with van der Waals surface area (Å²) in [6, 6.07) is 9.05. The lowest BCUT2D eigenvalue weighted by Gasteiger charge is -2.58. The summed E-state index contributed by atoms with van der Waals surface area (Å²) in [5, 5.41) is 23.5. The van der Waals surface area contributed by atoms with E-state index in [9.17, 15) is 15.0 Å². The van der Waals surface area contributed by atoms with Crippen LogP contribution < -0.4 is 0 Å². The van der Waals surface area contributed by atoms with Crippen molar-refractivity contribution in [2.24, 2.45) is 5.92 Å². The lowest BCUT2D eigenvalue weighted by molar-refractivity contribution is -0.137. The number of likely N-dealkylation sites (tertiary alicyclic amines) is 2. The van der Waals surface area contributed by atoms with E-state index in [-0.39, 0.29) is 24.1 Å². The molecule has 0 spiro atoms. The van der Waals surface area contributed by atoms with Gasteiger partial charge in [0, 0.05) is 43.0 Å². The van der Waals surface area contributed by atoms with Crippen molar-refractivity contribution in [1.82, 2.24) is 14.8 Å². The lowest BCUT2D eigenvalue weighted by Crippen LogP contribution is -2.68. The number of aromatic hydroxyl groups is 1. The number of carbonyl (C=O) groups is 1. The Bertz CT molecular complexity index is 1090. The number of amides is 1. The van der Waals surface area contributed by atoms with Gasteiger partial charge in [-0.1, -0.05) is 23.7 Å². The van der Waals surface area contributed by atoms with Crippen LogP contribution in [0.1, 0.15) is 55.8 Å². The van der Waals surface area contributed by atoms with Crippen molar-refractivity contribution in [2.45, 2.75) is 69.4 Å². The molecule has 6 nitrogen and oxygen atoms in total. The number of phenolic OH excluding ortho intramolecular Hbond substituents is 1. The Hall–Kier alpha value is -2.15. The van der Waals surface area contributed by atoms with Crippen LogP contribution in [-0.2, 0) is 16.6 Å². The number of aliphatic hydroxyl groups is 1. The van der Waals surface area contributed by atoms with Gasteiger partial charge in [0.25, 0.3) is 0 Å². The summed E-state index contributed by atoms with van der Waals surface area (Å²) in [5.41, 5.74) is 0.846. The minimum absolute atomic E-state index is 0.0299. The number of hydrogen-bond acceptors (Lipinski definition) is 5. The summed E-state index contributed by atoms with van der Waals surface area (Å²) in [4.78, 5) is 21.9. The monoisotopic (exact) mass is 497 g/mol. The number of aryl methyl sites for hydroxylation is 1. The van der Waals surface area contributed by atoms with E-state index in [2.05, 4.69) is 16.8 Å². The maximum atomic E-state index is 13.3. The molecule has 1 aromatic heterocycles. The van der Waals surface area contributed by atoms with Gasteiger partial charge in [-0.15, -0.1) is 0 Å². The van der Waals surface area contributed by atoms with E-state index < -0.39 is 11.0 Å². The molecule has 1 amide bonds. The van der Waals surface area contributed by atoms with Gasteiger partial charge in [-0.25, -0.2) is 0 Å². The van der Waals surface area contributed by atoms with Crippen molar-refractivity contribution < 1.29 is 15.0 Å². The molecule has 188 valence electrons. The Labute approximate surface area is 212 Å². The summed E-state index contributed by atoms with van der Waals surface area (Å²) in [5.74, 6) is 0.800. The fourth-order valence-electron chi connectivity index (χ4n) is 6.59. The Balaban J connectivity index is 1.51. The number of nitrogens with zero attached hydrogens (tertiary/aromatic N) is 3. The molecule has 3 aliphatic rings. The summed E-state index contributed by atoms with van der Waals surface area (Å²) >= 11 is 6.78. The number of halogens is 1. The maximum Gasteiger partial charge on any atom is 0.228 e. The minimum Gasteiger partial charge on any atom is -0.506 e. The van der Waals surface area contributed by atoms with Crippen molar-refractivity contribution in [1.29, 1.82) is 0 Å². The smallest absolute Gasteiger partial charge is 0.228 e. The van der Waals surface area contributed by atoms with Crippen LogP contribution in [0.2, 0.25) is 5.02 Å². The molecule has 2 aliphatic heterocycles. The third-order valence-electron chi connectivity index (χ3n) is 8.87. The predicted molar refractivity (Wildman–Crippen MR) is 137 cm³/mol. The molecule has 3 atom stereocenters. The van der Waals surface area contributed by atoms with Crippen LogP contribution >= 0.6 is 11.6 Å². The highest BCUT2D eigenvalue weighted by atomic mass is 35.5. The minimum atomic E-state index is -1.08. The summed E-state index contributed by atoms with van der Waals surface area (Å²) < 4.78 is 0. The van der Waals surface area contributed by atoms with Crippen molar-refractivity contribution >= 4 is 17.5 Å². The van der Waals surface area contributed by atoms with E-state index in [0.717, 1.165) is 42.2 Å². The van der Waals surface area contributed by atoms with E-state index in [4.69, 9.17) is 11.6 Å². The van der Waals surface area contributed by atoms with Crippen LogP contribution in [0, 0.1) is 12.8 Å². The highest BCUT2D eigenvalue weighted by Gasteiger charge is 2.60. The fourth-order valence-corrected chi connectivity index (χ4v) is 6.99. The first-order chi connectivity index (χ1) is 16.7. The average Bonchev–Trinajstić information content (AvgIpc) is 3.67. The number of hydrogen-bond donors (Lipinski definition) is 2. The first-order valence-corrected chi connectivity index (χ1v) is 13.3. The van der Waals surface area contributed by atoms with Crippen molar-refractivity contribution in [3.63, 3.8) is 0 Å². The van der Waals surface area contributed by atoms with E-state index in [1.165, 1.54) is 12.8 Å². The van der Waals surface area contributed by atoms with Crippen LogP contribution in [0.5, 0.6) is 5.75 Å². The molecule has 2 aromatic rings. The topological polar surface area (TPSA) is 76.9 Å². The molecular weight excluding hydrogens is 462 g/mol. The molecule has 3 unspecified atom stereocenters. The quantitative estimate of drug-likeness (QED) is 0.650. The van der Waals surface area contributed by atoms with Crippen molar-refractivity contribution in [2.75, 3.05) is 26.2 Å². The maximum absolute atomic E-state index is 13.3. The molecule has 1 aromatic carbocycles. The number of pyridine rings is 1. The van der Waals surface area contributed by atoms with Gasteiger partial charge < -0.3 is 15.1 Å². The SMILES string of the molecule is Cc1ccc(O)c(Cl)c1C12CCN(C(=O)Cc3ccccn3)CCC1(O)C(C)N(CC1CC1)CC2. The molecule has 1 aliphatic carbocycles. The molecule has 7 heteroatoms. The number of carbonyl (C=O) groups excluding carboxylic acids is 1. The number of phenols is 1. The van der Waals surface area contributed by atoms with E-state index in [0.29, 0.717) is 31.0 Å². The van der Waals surface area contributed by atoms with E-state index >= 15 is 0 Å². The first kappa shape index (κ1) is 24.5. The number of rotatable bonds is 5. The zero-order valence-corrected chi connectivity index (χ0v) is 21.5. The second kappa shape index (κ2) is 9.38. The van der Waals surface area contributed by atoms with Crippen LogP contribution in [-0.4, -0.2) is 68.7 Å². The van der Waals surface area contributed by atoms with Gasteiger partial charge >= 0.3 is 0 Å². The third kappa shape index (κ3) is 4.34. The second-order valence-corrected chi connectivity index (χ2v) is 11.2. The predicted octanol–water partition coefficient (Wildman–Crippen LogP) is 4.09. The van der Waals surface area contributed by atoms with Gasteiger partial charge in [-0.05, 0) is 87.7 Å². The van der Waals surface area contributed by atoms with Crippen LogP contribution in [0.3, 0.4) is 0 Å². The highest BCUT2D eigenvalue weighted by Crippen LogP contribution is 2.55. The molecule has 35 heavy (non-hydrogen) atoms. The first-order valence-electron chi connectivity index (χ1n) is 12.9. The van der Waals surface area contributed by atoms with Gasteiger partial charge in [0.1, 0.15) is 5.75 Å². The van der Waals surface area contributed by atoms with Gasteiger partial charge in [0.15, 0.2) is 0 Å². The number of piperidine rings is 1. The van der Waals surface area contributed by atoms with E-state index in [1.807, 2.05) is 36.1 Å².